The van der Waals surface area contributed by atoms with Crippen molar-refractivity contribution < 1.29 is 20.4 Å². The number of hydrogen-bond donors (Lipinski definition) is 4. The maximum absolute atomic E-state index is 10.1. The number of aliphatic hydroxyl groups is 4. The van der Waals surface area contributed by atoms with E-state index in [0.29, 0.717) is 10.9 Å². The number of aliphatic hydroxyl groups excluding tert-OH is 4. The fourth-order valence-corrected chi connectivity index (χ4v) is 3.74. The predicted molar refractivity (Wildman–Crippen MR) is 75.6 cm³/mol. The first-order valence-electron chi connectivity index (χ1n) is 6.37. The molecule has 2 fully saturated rings. The number of nitrogens with zero attached hydrogens (tertiary/aromatic N) is 2. The van der Waals surface area contributed by atoms with E-state index in [1.807, 2.05) is 30.3 Å². The first-order valence-corrected chi connectivity index (χ1v) is 7.35. The molecule has 3 rings (SSSR count). The molecule has 0 spiro atoms. The van der Waals surface area contributed by atoms with Crippen molar-refractivity contribution in [3.8, 4) is 0 Å². The SMILES string of the molecule is O[C@@H]1[C@@H](O)[C@@H](O)N2/C(=N\c3ccccc3)SC[C@@H]2[C@@H]1O. The Bertz CT molecular complexity index is 512. The van der Waals surface area contributed by atoms with Gasteiger partial charge in [0.05, 0.1) is 11.7 Å². The van der Waals surface area contributed by atoms with E-state index < -0.39 is 30.6 Å². The Hall–Kier alpha value is -1.12. The second kappa shape index (κ2) is 5.34. The Balaban J connectivity index is 1.91. The maximum atomic E-state index is 10.1. The lowest BCUT2D eigenvalue weighted by Crippen LogP contribution is -2.65. The van der Waals surface area contributed by atoms with Gasteiger partial charge in [-0.25, -0.2) is 4.99 Å². The van der Waals surface area contributed by atoms with Crippen LogP contribution in [0, 0.1) is 0 Å². The van der Waals surface area contributed by atoms with Crippen LogP contribution >= 0.6 is 11.8 Å². The fourth-order valence-electron chi connectivity index (χ4n) is 2.50. The molecule has 0 saturated carbocycles. The summed E-state index contributed by atoms with van der Waals surface area (Å²) in [6.45, 7) is 0. The number of benzene rings is 1. The van der Waals surface area contributed by atoms with Gasteiger partial charge >= 0.3 is 0 Å². The zero-order chi connectivity index (χ0) is 14.3. The zero-order valence-corrected chi connectivity index (χ0v) is 11.4. The van der Waals surface area contributed by atoms with Gasteiger partial charge < -0.3 is 25.3 Å². The number of piperidine rings is 1. The molecule has 108 valence electrons. The number of thioether (sulfide) groups is 1. The minimum Gasteiger partial charge on any atom is -0.388 e. The summed E-state index contributed by atoms with van der Waals surface area (Å²) in [5.41, 5.74) is 0.734. The molecule has 1 aromatic rings. The van der Waals surface area contributed by atoms with Crippen LogP contribution in [0.1, 0.15) is 0 Å². The number of rotatable bonds is 1. The number of aliphatic imine (C=N–C) groups is 1. The van der Waals surface area contributed by atoms with Gasteiger partial charge in [-0.1, -0.05) is 30.0 Å². The number of hydrogen-bond acceptors (Lipinski definition) is 6. The summed E-state index contributed by atoms with van der Waals surface area (Å²) >= 11 is 1.39. The Morgan fingerprint density at radius 2 is 1.70 bits per heavy atom. The van der Waals surface area contributed by atoms with Crippen LogP contribution < -0.4 is 0 Å². The van der Waals surface area contributed by atoms with Crippen molar-refractivity contribution in [1.29, 1.82) is 0 Å². The van der Waals surface area contributed by atoms with Crippen molar-refractivity contribution in [2.45, 2.75) is 30.6 Å². The van der Waals surface area contributed by atoms with E-state index in [4.69, 9.17) is 0 Å². The van der Waals surface area contributed by atoms with Crippen molar-refractivity contribution in [2.24, 2.45) is 4.99 Å². The molecule has 2 aliphatic rings. The van der Waals surface area contributed by atoms with E-state index in [0.717, 1.165) is 5.69 Å². The van der Waals surface area contributed by atoms with Gasteiger partial charge in [-0.05, 0) is 12.1 Å². The summed E-state index contributed by atoms with van der Waals surface area (Å²) in [5.74, 6) is 0.508. The molecule has 0 radical (unpaired) electrons. The predicted octanol–water partition coefficient (Wildman–Crippen LogP) is -0.494. The summed E-state index contributed by atoms with van der Waals surface area (Å²) in [6, 6.07) is 8.81. The molecule has 0 aromatic heterocycles. The standard InChI is InChI=1S/C13H16N2O4S/c16-9-8-6-20-13(14-7-4-2-1-3-5-7)15(8)12(19)11(18)10(9)17/h1-5,8-12,16-19H,6H2/b14-13+/t8-,9+,10+,11-,12-/m1/s1. The van der Waals surface area contributed by atoms with Crippen LogP contribution in [0.3, 0.4) is 0 Å². The average molecular weight is 296 g/mol. The van der Waals surface area contributed by atoms with Gasteiger partial charge in [-0.15, -0.1) is 0 Å². The Morgan fingerprint density at radius 3 is 2.40 bits per heavy atom. The highest BCUT2D eigenvalue weighted by Crippen LogP contribution is 2.35. The van der Waals surface area contributed by atoms with Gasteiger partial charge in [-0.2, -0.15) is 0 Å². The van der Waals surface area contributed by atoms with Crippen molar-refractivity contribution in [2.75, 3.05) is 5.75 Å². The van der Waals surface area contributed by atoms with Gasteiger partial charge in [0.2, 0.25) is 0 Å². The Kier molecular flexibility index (Phi) is 3.70. The number of fused-ring (bicyclic) bond motifs is 1. The lowest BCUT2D eigenvalue weighted by Gasteiger charge is -2.43. The molecule has 5 atom stereocenters. The van der Waals surface area contributed by atoms with Gasteiger partial charge in [0.1, 0.15) is 18.3 Å². The van der Waals surface area contributed by atoms with E-state index >= 15 is 0 Å². The van der Waals surface area contributed by atoms with Gasteiger partial charge in [0, 0.05) is 5.75 Å². The second-order valence-electron chi connectivity index (χ2n) is 4.90. The molecule has 4 N–H and O–H groups in total. The van der Waals surface area contributed by atoms with Crippen LogP contribution in [-0.4, -0.2) is 66.8 Å². The minimum atomic E-state index is -1.42. The monoisotopic (exact) mass is 296 g/mol. The van der Waals surface area contributed by atoms with Crippen molar-refractivity contribution >= 4 is 22.6 Å². The third-order valence-electron chi connectivity index (χ3n) is 3.63. The minimum absolute atomic E-state index is 0.448. The zero-order valence-electron chi connectivity index (χ0n) is 10.6. The quantitative estimate of drug-likeness (QED) is 0.558. The summed E-state index contributed by atoms with van der Waals surface area (Å²) in [7, 11) is 0. The molecule has 0 unspecified atom stereocenters. The second-order valence-corrected chi connectivity index (χ2v) is 5.89. The molecule has 2 aliphatic heterocycles. The fraction of sp³-hybridized carbons (Fsp3) is 0.462. The average Bonchev–Trinajstić information content (AvgIpc) is 2.88. The van der Waals surface area contributed by atoms with Gasteiger partial charge in [0.15, 0.2) is 11.4 Å². The van der Waals surface area contributed by atoms with Crippen molar-refractivity contribution in [3.63, 3.8) is 0 Å². The third kappa shape index (κ3) is 2.21. The smallest absolute Gasteiger partial charge is 0.166 e. The molecular weight excluding hydrogens is 280 g/mol. The summed E-state index contributed by atoms with van der Waals surface area (Å²) in [4.78, 5) is 5.91. The highest BCUT2D eigenvalue weighted by atomic mass is 32.2. The van der Waals surface area contributed by atoms with Crippen LogP contribution in [0.25, 0.3) is 0 Å². The molecule has 6 nitrogen and oxygen atoms in total. The van der Waals surface area contributed by atoms with E-state index in [2.05, 4.69) is 4.99 Å². The molecule has 0 bridgehead atoms. The highest BCUT2D eigenvalue weighted by Gasteiger charge is 2.51. The summed E-state index contributed by atoms with van der Waals surface area (Å²) in [5, 5.41) is 40.1. The third-order valence-corrected chi connectivity index (χ3v) is 4.70. The van der Waals surface area contributed by atoms with Crippen LogP contribution in [0.4, 0.5) is 5.69 Å². The van der Waals surface area contributed by atoms with Crippen LogP contribution in [0.2, 0.25) is 0 Å². The number of para-hydroxylation sites is 1. The Labute approximate surface area is 120 Å². The maximum Gasteiger partial charge on any atom is 0.166 e. The van der Waals surface area contributed by atoms with E-state index in [-0.39, 0.29) is 0 Å². The largest absolute Gasteiger partial charge is 0.388 e. The summed E-state index contributed by atoms with van der Waals surface area (Å²) in [6.07, 6.45) is -5.14. The molecule has 2 heterocycles. The highest BCUT2D eigenvalue weighted by molar-refractivity contribution is 8.14. The van der Waals surface area contributed by atoms with E-state index in [1.165, 1.54) is 16.7 Å². The molecule has 0 aliphatic carbocycles. The summed E-state index contributed by atoms with van der Waals surface area (Å²) < 4.78 is 0. The molecule has 7 heteroatoms. The van der Waals surface area contributed by atoms with Crippen molar-refractivity contribution in [3.05, 3.63) is 30.3 Å². The van der Waals surface area contributed by atoms with E-state index in [9.17, 15) is 20.4 Å². The first kappa shape index (κ1) is 13.8. The van der Waals surface area contributed by atoms with Crippen LogP contribution in [0.5, 0.6) is 0 Å². The molecule has 2 saturated heterocycles. The van der Waals surface area contributed by atoms with Crippen molar-refractivity contribution in [1.82, 2.24) is 4.90 Å². The lowest BCUT2D eigenvalue weighted by atomic mass is 9.94. The molecule has 1 aromatic carbocycles. The van der Waals surface area contributed by atoms with Crippen LogP contribution in [0.15, 0.2) is 35.3 Å². The van der Waals surface area contributed by atoms with Gasteiger partial charge in [-0.3, -0.25) is 0 Å². The first-order chi connectivity index (χ1) is 9.59. The Morgan fingerprint density at radius 1 is 1.00 bits per heavy atom. The molecule has 0 amide bonds. The van der Waals surface area contributed by atoms with Gasteiger partial charge in [0.25, 0.3) is 0 Å². The molecule has 20 heavy (non-hydrogen) atoms. The number of amidine groups is 1. The normalized spacial score (nSPS) is 39.1. The van der Waals surface area contributed by atoms with E-state index in [1.54, 1.807) is 0 Å². The lowest BCUT2D eigenvalue weighted by molar-refractivity contribution is -0.190. The topological polar surface area (TPSA) is 96.5 Å². The molecular formula is C13H16N2O4S. The van der Waals surface area contributed by atoms with Crippen LogP contribution in [-0.2, 0) is 0 Å².